The van der Waals surface area contributed by atoms with Crippen LogP contribution in [0.3, 0.4) is 0 Å². The Morgan fingerprint density at radius 1 is 1.05 bits per heavy atom. The van der Waals surface area contributed by atoms with Gasteiger partial charge in [0.1, 0.15) is 0 Å². The molecule has 38 heavy (non-hydrogen) atoms. The van der Waals surface area contributed by atoms with Crippen LogP contribution in [0.5, 0.6) is 0 Å². The van der Waals surface area contributed by atoms with Crippen LogP contribution >= 0.6 is 0 Å². The fourth-order valence-electron chi connectivity index (χ4n) is 3.82. The second kappa shape index (κ2) is 13.7. The Labute approximate surface area is 221 Å². The quantitative estimate of drug-likeness (QED) is 0.514. The molecule has 0 aromatic heterocycles. The molecule has 1 aliphatic heterocycles. The third-order valence-electron chi connectivity index (χ3n) is 6.25. The van der Waals surface area contributed by atoms with Crippen molar-refractivity contribution in [1.29, 1.82) is 0 Å². The van der Waals surface area contributed by atoms with Crippen molar-refractivity contribution in [3.8, 4) is 0 Å². The van der Waals surface area contributed by atoms with Crippen LogP contribution in [-0.4, -0.2) is 80.1 Å². The summed E-state index contributed by atoms with van der Waals surface area (Å²) < 4.78 is 60.3. The van der Waals surface area contributed by atoms with Crippen LogP contribution in [0, 0.1) is 13.8 Å². The first kappa shape index (κ1) is 31.3. The SMILES string of the molecule is Cc1ccc(S(=O)(=O)N(CCC(=O)N2CCNCC2)CC(C)c2ccccc2)cc1C.O=C(O)C(F)(F)F. The van der Waals surface area contributed by atoms with Gasteiger partial charge in [0, 0.05) is 45.7 Å². The molecule has 1 fully saturated rings. The molecule has 2 aromatic carbocycles. The lowest BCUT2D eigenvalue weighted by Gasteiger charge is -2.29. The molecule has 1 atom stereocenters. The average molecular weight is 558 g/mol. The zero-order chi connectivity index (χ0) is 28.5. The summed E-state index contributed by atoms with van der Waals surface area (Å²) in [6, 6.07) is 15.1. The van der Waals surface area contributed by atoms with Crippen LogP contribution < -0.4 is 5.32 Å². The maximum Gasteiger partial charge on any atom is 0.490 e. The number of amides is 1. The number of hydrogen-bond donors (Lipinski definition) is 2. The number of sulfonamides is 1. The Morgan fingerprint density at radius 2 is 1.63 bits per heavy atom. The summed E-state index contributed by atoms with van der Waals surface area (Å²) in [6.07, 6.45) is -4.90. The second-order valence-electron chi connectivity index (χ2n) is 9.10. The van der Waals surface area contributed by atoms with Gasteiger partial charge >= 0.3 is 12.1 Å². The van der Waals surface area contributed by atoms with Gasteiger partial charge in [-0.25, -0.2) is 13.2 Å². The molecule has 12 heteroatoms. The fourth-order valence-corrected chi connectivity index (χ4v) is 5.43. The summed E-state index contributed by atoms with van der Waals surface area (Å²) in [4.78, 5) is 23.7. The molecule has 0 aliphatic carbocycles. The zero-order valence-corrected chi connectivity index (χ0v) is 22.5. The maximum absolute atomic E-state index is 13.5. The van der Waals surface area contributed by atoms with Gasteiger partial charge in [-0.2, -0.15) is 17.5 Å². The third-order valence-corrected chi connectivity index (χ3v) is 8.11. The second-order valence-corrected chi connectivity index (χ2v) is 11.0. The number of piperazine rings is 1. The number of carboxylic acids is 1. The lowest BCUT2D eigenvalue weighted by molar-refractivity contribution is -0.192. The van der Waals surface area contributed by atoms with E-state index >= 15 is 0 Å². The van der Waals surface area contributed by atoms with Crippen LogP contribution in [0.15, 0.2) is 53.4 Å². The predicted octanol–water partition coefficient (Wildman–Crippen LogP) is 3.55. The predicted molar refractivity (Wildman–Crippen MR) is 137 cm³/mol. The summed E-state index contributed by atoms with van der Waals surface area (Å²) >= 11 is 0. The molecule has 3 rings (SSSR count). The van der Waals surface area contributed by atoms with Gasteiger partial charge in [-0.05, 0) is 48.6 Å². The summed E-state index contributed by atoms with van der Waals surface area (Å²) in [5.41, 5.74) is 3.07. The number of aliphatic carboxylic acids is 1. The summed E-state index contributed by atoms with van der Waals surface area (Å²) in [7, 11) is -3.72. The highest BCUT2D eigenvalue weighted by molar-refractivity contribution is 7.89. The Morgan fingerprint density at radius 3 is 2.16 bits per heavy atom. The van der Waals surface area contributed by atoms with Gasteiger partial charge in [0.05, 0.1) is 4.90 Å². The Bertz CT molecular complexity index is 1180. The van der Waals surface area contributed by atoms with Gasteiger partial charge in [-0.3, -0.25) is 4.79 Å². The van der Waals surface area contributed by atoms with Crippen LogP contribution in [0.2, 0.25) is 0 Å². The van der Waals surface area contributed by atoms with Gasteiger partial charge in [0.15, 0.2) is 0 Å². The van der Waals surface area contributed by atoms with Crippen molar-refractivity contribution in [3.05, 3.63) is 65.2 Å². The molecule has 210 valence electrons. The molecule has 0 bridgehead atoms. The van der Waals surface area contributed by atoms with E-state index in [2.05, 4.69) is 5.32 Å². The minimum Gasteiger partial charge on any atom is -0.475 e. The van der Waals surface area contributed by atoms with Crippen molar-refractivity contribution in [1.82, 2.24) is 14.5 Å². The van der Waals surface area contributed by atoms with Crippen LogP contribution in [0.25, 0.3) is 0 Å². The molecule has 1 unspecified atom stereocenters. The van der Waals surface area contributed by atoms with Crippen LogP contribution in [0.4, 0.5) is 13.2 Å². The molecule has 0 saturated carbocycles. The van der Waals surface area contributed by atoms with E-state index in [1.54, 1.807) is 12.1 Å². The highest BCUT2D eigenvalue weighted by Gasteiger charge is 2.38. The number of benzene rings is 2. The number of rotatable bonds is 8. The van der Waals surface area contributed by atoms with E-state index in [1.165, 1.54) is 4.31 Å². The van der Waals surface area contributed by atoms with E-state index in [0.29, 0.717) is 19.6 Å². The molecule has 2 N–H and O–H groups in total. The van der Waals surface area contributed by atoms with Crippen molar-refractivity contribution in [2.24, 2.45) is 0 Å². The van der Waals surface area contributed by atoms with Crippen LogP contribution in [-0.2, 0) is 19.6 Å². The molecule has 2 aromatic rings. The van der Waals surface area contributed by atoms with E-state index in [9.17, 15) is 26.4 Å². The van der Waals surface area contributed by atoms with Gasteiger partial charge < -0.3 is 15.3 Å². The van der Waals surface area contributed by atoms with E-state index in [0.717, 1.165) is 29.8 Å². The highest BCUT2D eigenvalue weighted by atomic mass is 32.2. The van der Waals surface area contributed by atoms with Crippen molar-refractivity contribution in [3.63, 3.8) is 0 Å². The van der Waals surface area contributed by atoms with Gasteiger partial charge in [-0.15, -0.1) is 0 Å². The lowest BCUT2D eigenvalue weighted by Crippen LogP contribution is -2.47. The normalized spacial score (nSPS) is 15.0. The molecular formula is C26H34F3N3O5S. The molecule has 1 heterocycles. The first-order chi connectivity index (χ1) is 17.7. The molecule has 0 radical (unpaired) electrons. The van der Waals surface area contributed by atoms with E-state index in [4.69, 9.17) is 9.90 Å². The molecule has 0 spiro atoms. The number of hydrogen-bond acceptors (Lipinski definition) is 5. The minimum absolute atomic E-state index is 0.00847. The topological polar surface area (TPSA) is 107 Å². The maximum atomic E-state index is 13.5. The first-order valence-corrected chi connectivity index (χ1v) is 13.6. The minimum atomic E-state index is -5.08. The number of halogens is 3. The molecule has 1 aliphatic rings. The number of alkyl halides is 3. The van der Waals surface area contributed by atoms with E-state index in [-0.39, 0.29) is 29.7 Å². The molecule has 8 nitrogen and oxygen atoms in total. The van der Waals surface area contributed by atoms with Crippen molar-refractivity contribution in [2.45, 2.75) is 44.2 Å². The van der Waals surface area contributed by atoms with Crippen molar-refractivity contribution < 1.29 is 36.3 Å². The average Bonchev–Trinajstić information content (AvgIpc) is 2.88. The van der Waals surface area contributed by atoms with Gasteiger partial charge in [0.2, 0.25) is 15.9 Å². The highest BCUT2D eigenvalue weighted by Crippen LogP contribution is 2.24. The number of carboxylic acid groups (broad SMARTS) is 1. The summed E-state index contributed by atoms with van der Waals surface area (Å²) in [5.74, 6) is -2.74. The standard InChI is InChI=1S/C24H33N3O3S.C2HF3O2/c1-19-9-10-23(17-20(19)2)31(29,30)27(18-21(3)22-7-5-4-6-8-22)14-11-24(28)26-15-12-25-13-16-26;3-2(4,5)1(6)7/h4-10,17,21,25H,11-16,18H2,1-3H3;(H,6,7). The number of carbonyl (C=O) groups is 2. The summed E-state index contributed by atoms with van der Waals surface area (Å²) in [5, 5.41) is 10.4. The fraction of sp³-hybridized carbons (Fsp3) is 0.462. The Balaban J connectivity index is 0.000000638. The smallest absolute Gasteiger partial charge is 0.475 e. The van der Waals surface area contributed by atoms with E-state index in [1.807, 2.05) is 62.1 Å². The first-order valence-electron chi connectivity index (χ1n) is 12.1. The van der Waals surface area contributed by atoms with Crippen LogP contribution in [0.1, 0.15) is 36.0 Å². The lowest BCUT2D eigenvalue weighted by atomic mass is 10.0. The van der Waals surface area contributed by atoms with E-state index < -0.39 is 22.2 Å². The van der Waals surface area contributed by atoms with Gasteiger partial charge in [0.25, 0.3) is 0 Å². The number of nitrogens with zero attached hydrogens (tertiary/aromatic N) is 2. The Kier molecular flexibility index (Phi) is 11.3. The Hall–Kier alpha value is -2.96. The summed E-state index contributed by atoms with van der Waals surface area (Å²) in [6.45, 7) is 9.31. The number of carbonyl (C=O) groups excluding carboxylic acids is 1. The molecular weight excluding hydrogens is 523 g/mol. The monoisotopic (exact) mass is 557 g/mol. The zero-order valence-electron chi connectivity index (χ0n) is 21.7. The molecule has 1 amide bonds. The largest absolute Gasteiger partial charge is 0.490 e. The molecule has 1 saturated heterocycles. The van der Waals surface area contributed by atoms with Gasteiger partial charge in [-0.1, -0.05) is 43.3 Å². The van der Waals surface area contributed by atoms with Crippen molar-refractivity contribution in [2.75, 3.05) is 39.3 Å². The third kappa shape index (κ3) is 9.10. The number of nitrogens with one attached hydrogen (secondary N) is 1. The van der Waals surface area contributed by atoms with Crippen molar-refractivity contribution >= 4 is 21.9 Å². The number of aryl methyl sites for hydroxylation is 2.